The Balaban J connectivity index is 2.62. The van der Waals surface area contributed by atoms with Crippen molar-refractivity contribution < 1.29 is 29.0 Å². The third-order valence-electron chi connectivity index (χ3n) is 3.68. The van der Waals surface area contributed by atoms with Crippen LogP contribution in [0, 0.1) is 5.41 Å². The molecule has 2 amide bonds. The van der Waals surface area contributed by atoms with Gasteiger partial charge in [-0.2, -0.15) is 0 Å². The van der Waals surface area contributed by atoms with Crippen molar-refractivity contribution in [1.29, 1.82) is 0 Å². The number of carboxylic acid groups (broad SMARTS) is 1. The smallest absolute Gasteiger partial charge is 0.413 e. The van der Waals surface area contributed by atoms with Crippen molar-refractivity contribution in [3.8, 4) is 5.75 Å². The Bertz CT molecular complexity index is 652. The molecule has 3 N–H and O–H groups in total. The zero-order valence-corrected chi connectivity index (χ0v) is 16.4. The SMILES string of the molecule is CC(C)(C)OC(=O)NCCC(C)(C)C(NC(=O)Oc1ccccc1)C(=O)O. The average Bonchev–Trinajstić information content (AvgIpc) is 2.51. The Morgan fingerprint density at radius 2 is 1.63 bits per heavy atom. The van der Waals surface area contributed by atoms with Gasteiger partial charge in [0.1, 0.15) is 17.4 Å². The Hall–Kier alpha value is -2.77. The number of carboxylic acids is 1. The molecule has 1 aromatic carbocycles. The molecule has 8 heteroatoms. The van der Waals surface area contributed by atoms with Crippen LogP contribution in [0.15, 0.2) is 30.3 Å². The third kappa shape index (κ3) is 8.44. The van der Waals surface area contributed by atoms with Gasteiger partial charge in [0.2, 0.25) is 0 Å². The molecule has 0 saturated carbocycles. The molecule has 1 rings (SSSR count). The summed E-state index contributed by atoms with van der Waals surface area (Å²) in [5, 5.41) is 14.5. The first kappa shape index (κ1) is 22.3. The van der Waals surface area contributed by atoms with Crippen LogP contribution < -0.4 is 15.4 Å². The molecular weight excluding hydrogens is 352 g/mol. The van der Waals surface area contributed by atoms with Gasteiger partial charge >= 0.3 is 18.2 Å². The Labute approximate surface area is 159 Å². The van der Waals surface area contributed by atoms with E-state index in [9.17, 15) is 19.5 Å². The van der Waals surface area contributed by atoms with Gasteiger partial charge in [0.25, 0.3) is 0 Å². The van der Waals surface area contributed by atoms with Crippen molar-refractivity contribution in [3.05, 3.63) is 30.3 Å². The van der Waals surface area contributed by atoms with E-state index in [1.165, 1.54) is 0 Å². The molecule has 27 heavy (non-hydrogen) atoms. The van der Waals surface area contributed by atoms with E-state index in [2.05, 4.69) is 10.6 Å². The quantitative estimate of drug-likeness (QED) is 0.669. The summed E-state index contributed by atoms with van der Waals surface area (Å²) in [6.07, 6.45) is -1.14. The number of hydrogen-bond acceptors (Lipinski definition) is 5. The second-order valence-corrected chi connectivity index (χ2v) is 7.79. The summed E-state index contributed by atoms with van der Waals surface area (Å²) in [6.45, 7) is 8.82. The lowest BCUT2D eigenvalue weighted by Crippen LogP contribution is -2.52. The van der Waals surface area contributed by atoms with Crippen LogP contribution in [0.3, 0.4) is 0 Å². The first-order chi connectivity index (χ1) is 12.4. The van der Waals surface area contributed by atoms with Gasteiger partial charge < -0.3 is 25.2 Å². The largest absolute Gasteiger partial charge is 0.480 e. The molecule has 0 fully saturated rings. The van der Waals surface area contributed by atoms with Crippen LogP contribution in [0.4, 0.5) is 9.59 Å². The van der Waals surface area contributed by atoms with E-state index >= 15 is 0 Å². The highest BCUT2D eigenvalue weighted by molar-refractivity contribution is 5.81. The fraction of sp³-hybridized carbons (Fsp3) is 0.526. The second kappa shape index (κ2) is 9.25. The number of rotatable bonds is 7. The fourth-order valence-corrected chi connectivity index (χ4v) is 2.28. The monoisotopic (exact) mass is 380 g/mol. The summed E-state index contributed by atoms with van der Waals surface area (Å²) < 4.78 is 10.2. The van der Waals surface area contributed by atoms with Crippen molar-refractivity contribution in [3.63, 3.8) is 0 Å². The summed E-state index contributed by atoms with van der Waals surface area (Å²) >= 11 is 0. The molecule has 1 aromatic rings. The van der Waals surface area contributed by atoms with Crippen LogP contribution in [0.1, 0.15) is 41.0 Å². The Morgan fingerprint density at radius 3 is 2.15 bits per heavy atom. The van der Waals surface area contributed by atoms with Crippen LogP contribution in [0.2, 0.25) is 0 Å². The van der Waals surface area contributed by atoms with E-state index < -0.39 is 35.2 Å². The number of carbonyl (C=O) groups is 3. The topological polar surface area (TPSA) is 114 Å². The van der Waals surface area contributed by atoms with Crippen LogP contribution in [-0.2, 0) is 9.53 Å². The van der Waals surface area contributed by atoms with Gasteiger partial charge in [-0.3, -0.25) is 0 Å². The summed E-state index contributed by atoms with van der Waals surface area (Å²) in [5.41, 5.74) is -1.47. The molecule has 0 radical (unpaired) electrons. The highest BCUT2D eigenvalue weighted by Gasteiger charge is 2.37. The molecule has 0 aliphatic carbocycles. The summed E-state index contributed by atoms with van der Waals surface area (Å²) in [7, 11) is 0. The Kier molecular flexibility index (Phi) is 7.63. The average molecular weight is 380 g/mol. The maximum atomic E-state index is 12.0. The van der Waals surface area contributed by atoms with Gasteiger partial charge in [0.15, 0.2) is 0 Å². The zero-order chi connectivity index (χ0) is 20.7. The van der Waals surface area contributed by atoms with Gasteiger partial charge in [-0.15, -0.1) is 0 Å². The minimum atomic E-state index is -1.20. The summed E-state index contributed by atoms with van der Waals surface area (Å²) in [4.78, 5) is 35.4. The highest BCUT2D eigenvalue weighted by Crippen LogP contribution is 2.25. The molecule has 8 nitrogen and oxygen atoms in total. The van der Waals surface area contributed by atoms with Crippen LogP contribution in [0.5, 0.6) is 5.75 Å². The fourth-order valence-electron chi connectivity index (χ4n) is 2.28. The van der Waals surface area contributed by atoms with Crippen molar-refractivity contribution in [1.82, 2.24) is 10.6 Å². The number of aliphatic carboxylic acids is 1. The predicted octanol–water partition coefficient (Wildman–Crippen LogP) is 3.17. The van der Waals surface area contributed by atoms with Gasteiger partial charge in [0.05, 0.1) is 0 Å². The molecule has 0 aromatic heterocycles. The maximum absolute atomic E-state index is 12.0. The lowest BCUT2D eigenvalue weighted by Gasteiger charge is -2.31. The standard InChI is InChI=1S/C19H28N2O6/c1-18(2,3)27-16(24)20-12-11-19(4,5)14(15(22)23)21-17(25)26-13-9-7-6-8-10-13/h6-10,14H,11-12H2,1-5H3,(H,20,24)(H,21,25)(H,22,23). The second-order valence-electron chi connectivity index (χ2n) is 7.79. The number of para-hydroxylation sites is 1. The van der Waals surface area contributed by atoms with E-state index in [0.29, 0.717) is 12.2 Å². The molecule has 1 atom stereocenters. The predicted molar refractivity (Wildman–Crippen MR) is 99.7 cm³/mol. The van der Waals surface area contributed by atoms with Crippen LogP contribution >= 0.6 is 0 Å². The lowest BCUT2D eigenvalue weighted by atomic mass is 9.81. The van der Waals surface area contributed by atoms with Crippen molar-refractivity contribution in [2.75, 3.05) is 6.54 Å². The minimum Gasteiger partial charge on any atom is -0.480 e. The molecule has 0 aliphatic rings. The van der Waals surface area contributed by atoms with Crippen molar-refractivity contribution in [2.45, 2.75) is 52.7 Å². The van der Waals surface area contributed by atoms with Crippen molar-refractivity contribution in [2.24, 2.45) is 5.41 Å². The van der Waals surface area contributed by atoms with E-state index in [1.54, 1.807) is 65.0 Å². The lowest BCUT2D eigenvalue weighted by molar-refractivity contribution is -0.142. The molecule has 0 aliphatic heterocycles. The number of amides is 2. The minimum absolute atomic E-state index is 0.196. The van der Waals surface area contributed by atoms with Crippen molar-refractivity contribution >= 4 is 18.2 Å². The van der Waals surface area contributed by atoms with E-state index in [0.717, 1.165) is 0 Å². The van der Waals surface area contributed by atoms with Gasteiger partial charge in [-0.1, -0.05) is 32.0 Å². The van der Waals surface area contributed by atoms with Gasteiger partial charge in [-0.05, 0) is 44.7 Å². The molecular formula is C19H28N2O6. The number of carbonyl (C=O) groups excluding carboxylic acids is 2. The normalized spacial score (nSPS) is 12.6. The number of benzene rings is 1. The van der Waals surface area contributed by atoms with Gasteiger partial charge in [0, 0.05) is 6.54 Å². The molecule has 0 saturated heterocycles. The van der Waals surface area contributed by atoms with E-state index in [-0.39, 0.29) is 6.54 Å². The molecule has 150 valence electrons. The van der Waals surface area contributed by atoms with E-state index in [4.69, 9.17) is 9.47 Å². The molecule has 0 spiro atoms. The first-order valence-electron chi connectivity index (χ1n) is 8.64. The summed E-state index contributed by atoms with van der Waals surface area (Å²) in [5.74, 6) is -0.884. The molecule has 1 unspecified atom stereocenters. The van der Waals surface area contributed by atoms with Crippen LogP contribution in [0.25, 0.3) is 0 Å². The summed E-state index contributed by atoms with van der Waals surface area (Å²) in [6, 6.07) is 7.14. The maximum Gasteiger partial charge on any atom is 0.413 e. The van der Waals surface area contributed by atoms with Crippen LogP contribution in [-0.4, -0.2) is 41.4 Å². The number of ether oxygens (including phenoxy) is 2. The Morgan fingerprint density at radius 1 is 1.04 bits per heavy atom. The zero-order valence-electron chi connectivity index (χ0n) is 16.4. The van der Waals surface area contributed by atoms with E-state index in [1.807, 2.05) is 0 Å². The van der Waals surface area contributed by atoms with Gasteiger partial charge in [-0.25, -0.2) is 14.4 Å². The first-order valence-corrected chi connectivity index (χ1v) is 8.64. The molecule has 0 bridgehead atoms. The number of hydrogen-bond donors (Lipinski definition) is 3. The highest BCUT2D eigenvalue weighted by atomic mass is 16.6. The third-order valence-corrected chi connectivity index (χ3v) is 3.68. The number of nitrogens with one attached hydrogen (secondary N) is 2. The number of alkyl carbamates (subject to hydrolysis) is 1. The molecule has 0 heterocycles.